The molecule has 0 amide bonds. The number of aliphatic carboxylic acids is 1. The van der Waals surface area contributed by atoms with E-state index in [0.717, 1.165) is 0 Å². The van der Waals surface area contributed by atoms with Crippen LogP contribution < -0.4 is 0 Å². The van der Waals surface area contributed by atoms with Crippen molar-refractivity contribution < 1.29 is 19.7 Å². The highest BCUT2D eigenvalue weighted by molar-refractivity contribution is 5.85. The van der Waals surface area contributed by atoms with Crippen LogP contribution in [0.3, 0.4) is 0 Å². The molecule has 0 spiro atoms. The van der Waals surface area contributed by atoms with Gasteiger partial charge in [0.1, 0.15) is 0 Å². The molecule has 0 aromatic heterocycles. The molecule has 12 heavy (non-hydrogen) atoms. The fourth-order valence-corrected chi connectivity index (χ4v) is 0.661. The summed E-state index contributed by atoms with van der Waals surface area (Å²) in [7, 11) is 1.48. The summed E-state index contributed by atoms with van der Waals surface area (Å²) >= 11 is 0. The Balaban J connectivity index is 3.79. The summed E-state index contributed by atoms with van der Waals surface area (Å²) in [6.45, 7) is 1.71. The first-order chi connectivity index (χ1) is 5.57. The molecule has 0 heterocycles. The lowest BCUT2D eigenvalue weighted by Crippen LogP contribution is -2.13. The summed E-state index contributed by atoms with van der Waals surface area (Å²) in [4.78, 5) is 10.3. The topological polar surface area (TPSA) is 66.8 Å². The zero-order valence-electron chi connectivity index (χ0n) is 7.28. The smallest absolute Gasteiger partial charge is 0.330 e. The van der Waals surface area contributed by atoms with Gasteiger partial charge in [0.05, 0.1) is 12.7 Å². The Morgan fingerprint density at radius 1 is 1.67 bits per heavy atom. The van der Waals surface area contributed by atoms with Gasteiger partial charge in [-0.2, -0.15) is 0 Å². The second-order valence-corrected chi connectivity index (χ2v) is 2.54. The molecule has 0 aromatic rings. The standard InChI is InChI=1S/C8H14O4/c1-6(8(10)11)3-4-7(9)5-12-2/h3,7,9H,4-5H2,1-2H3,(H,10,11). The lowest BCUT2D eigenvalue weighted by molar-refractivity contribution is -0.132. The number of hydrogen-bond acceptors (Lipinski definition) is 3. The Labute approximate surface area is 71.5 Å². The van der Waals surface area contributed by atoms with Crippen LogP contribution in [0.15, 0.2) is 11.6 Å². The van der Waals surface area contributed by atoms with Crippen LogP contribution in [0, 0.1) is 0 Å². The molecule has 1 unspecified atom stereocenters. The van der Waals surface area contributed by atoms with Crippen molar-refractivity contribution in [2.24, 2.45) is 0 Å². The van der Waals surface area contributed by atoms with Gasteiger partial charge in [-0.25, -0.2) is 4.79 Å². The van der Waals surface area contributed by atoms with Gasteiger partial charge in [0, 0.05) is 12.7 Å². The summed E-state index contributed by atoms with van der Waals surface area (Å²) in [5.74, 6) is -0.959. The van der Waals surface area contributed by atoms with Crippen molar-refractivity contribution in [3.63, 3.8) is 0 Å². The zero-order chi connectivity index (χ0) is 9.56. The number of rotatable bonds is 5. The first-order valence-electron chi connectivity index (χ1n) is 3.65. The van der Waals surface area contributed by atoms with Crippen LogP contribution in [0.1, 0.15) is 13.3 Å². The largest absolute Gasteiger partial charge is 0.478 e. The van der Waals surface area contributed by atoms with Gasteiger partial charge in [0.15, 0.2) is 0 Å². The second kappa shape index (κ2) is 5.74. The monoisotopic (exact) mass is 174 g/mol. The molecular formula is C8H14O4. The van der Waals surface area contributed by atoms with E-state index in [0.29, 0.717) is 6.42 Å². The molecule has 0 radical (unpaired) electrons. The minimum atomic E-state index is -0.959. The van der Waals surface area contributed by atoms with E-state index < -0.39 is 12.1 Å². The molecule has 0 bridgehead atoms. The van der Waals surface area contributed by atoms with Gasteiger partial charge in [-0.05, 0) is 13.3 Å². The summed E-state index contributed by atoms with van der Waals surface area (Å²) in [6, 6.07) is 0. The van der Waals surface area contributed by atoms with E-state index in [1.54, 1.807) is 0 Å². The number of carbonyl (C=O) groups is 1. The Kier molecular flexibility index (Phi) is 5.32. The number of aliphatic hydroxyl groups is 1. The molecule has 0 aromatic carbocycles. The Hall–Kier alpha value is -0.870. The van der Waals surface area contributed by atoms with Crippen LogP contribution >= 0.6 is 0 Å². The third kappa shape index (κ3) is 4.87. The SMILES string of the molecule is COCC(O)CC=C(C)C(=O)O. The van der Waals surface area contributed by atoms with Crippen LogP contribution in [0.25, 0.3) is 0 Å². The molecule has 70 valence electrons. The highest BCUT2D eigenvalue weighted by Crippen LogP contribution is 1.99. The fraction of sp³-hybridized carbons (Fsp3) is 0.625. The maximum absolute atomic E-state index is 10.3. The lowest BCUT2D eigenvalue weighted by Gasteiger charge is -2.05. The number of methoxy groups -OCH3 is 1. The molecule has 0 aliphatic carbocycles. The van der Waals surface area contributed by atoms with Crippen LogP contribution in [0.2, 0.25) is 0 Å². The quantitative estimate of drug-likeness (QED) is 0.592. The summed E-state index contributed by atoms with van der Waals surface area (Å²) < 4.78 is 4.67. The summed E-state index contributed by atoms with van der Waals surface area (Å²) in [5.41, 5.74) is 0.241. The lowest BCUT2D eigenvalue weighted by atomic mass is 10.2. The summed E-state index contributed by atoms with van der Waals surface area (Å²) in [5, 5.41) is 17.6. The van der Waals surface area contributed by atoms with Crippen LogP contribution in [-0.2, 0) is 9.53 Å². The van der Waals surface area contributed by atoms with E-state index >= 15 is 0 Å². The van der Waals surface area contributed by atoms with Gasteiger partial charge in [-0.15, -0.1) is 0 Å². The van der Waals surface area contributed by atoms with Crippen LogP contribution in [0.5, 0.6) is 0 Å². The maximum Gasteiger partial charge on any atom is 0.330 e. The average Bonchev–Trinajstić information content (AvgIpc) is 2.00. The number of aliphatic hydroxyl groups excluding tert-OH is 1. The Bertz CT molecular complexity index is 174. The van der Waals surface area contributed by atoms with Gasteiger partial charge >= 0.3 is 5.97 Å². The molecule has 0 saturated carbocycles. The number of hydrogen-bond donors (Lipinski definition) is 2. The van der Waals surface area contributed by atoms with Crippen LogP contribution in [0.4, 0.5) is 0 Å². The first kappa shape index (κ1) is 11.1. The minimum Gasteiger partial charge on any atom is -0.478 e. The predicted molar refractivity (Wildman–Crippen MR) is 43.9 cm³/mol. The number of ether oxygens (including phenoxy) is 1. The van der Waals surface area contributed by atoms with Crippen molar-refractivity contribution in [2.75, 3.05) is 13.7 Å². The third-order valence-electron chi connectivity index (χ3n) is 1.39. The maximum atomic E-state index is 10.3. The van der Waals surface area contributed by atoms with E-state index in [2.05, 4.69) is 4.74 Å². The second-order valence-electron chi connectivity index (χ2n) is 2.54. The predicted octanol–water partition coefficient (Wildman–Crippen LogP) is 0.415. The van der Waals surface area contributed by atoms with Gasteiger partial charge in [-0.1, -0.05) is 6.08 Å². The van der Waals surface area contributed by atoms with E-state index in [4.69, 9.17) is 10.2 Å². The van der Waals surface area contributed by atoms with Crippen molar-refractivity contribution >= 4 is 5.97 Å². The fourth-order valence-electron chi connectivity index (χ4n) is 0.661. The average molecular weight is 174 g/mol. The molecule has 0 fully saturated rings. The highest BCUT2D eigenvalue weighted by Gasteiger charge is 2.03. The van der Waals surface area contributed by atoms with E-state index in [1.165, 1.54) is 20.1 Å². The molecule has 0 aliphatic heterocycles. The third-order valence-corrected chi connectivity index (χ3v) is 1.39. The number of carboxylic acids is 1. The molecule has 1 atom stereocenters. The molecule has 4 heteroatoms. The van der Waals surface area contributed by atoms with Crippen molar-refractivity contribution in [2.45, 2.75) is 19.4 Å². The molecule has 0 aliphatic rings. The first-order valence-corrected chi connectivity index (χ1v) is 3.65. The molecule has 4 nitrogen and oxygen atoms in total. The van der Waals surface area contributed by atoms with Crippen molar-refractivity contribution in [3.05, 3.63) is 11.6 Å². The molecule has 2 N–H and O–H groups in total. The van der Waals surface area contributed by atoms with E-state index in [9.17, 15) is 4.79 Å². The number of carboxylic acid groups (broad SMARTS) is 1. The van der Waals surface area contributed by atoms with Gasteiger partial charge < -0.3 is 14.9 Å². The van der Waals surface area contributed by atoms with Gasteiger partial charge in [-0.3, -0.25) is 0 Å². The Morgan fingerprint density at radius 2 is 2.25 bits per heavy atom. The molecule has 0 saturated heterocycles. The van der Waals surface area contributed by atoms with E-state index in [-0.39, 0.29) is 12.2 Å². The Morgan fingerprint density at radius 3 is 2.67 bits per heavy atom. The van der Waals surface area contributed by atoms with Crippen molar-refractivity contribution in [3.8, 4) is 0 Å². The highest BCUT2D eigenvalue weighted by atomic mass is 16.5. The molecule has 0 rings (SSSR count). The zero-order valence-corrected chi connectivity index (χ0v) is 7.28. The van der Waals surface area contributed by atoms with E-state index in [1.807, 2.05) is 0 Å². The minimum absolute atomic E-state index is 0.226. The van der Waals surface area contributed by atoms with Gasteiger partial charge in [0.25, 0.3) is 0 Å². The van der Waals surface area contributed by atoms with Crippen molar-refractivity contribution in [1.29, 1.82) is 0 Å². The summed E-state index contributed by atoms with van der Waals surface area (Å²) in [6.07, 6.45) is 1.17. The van der Waals surface area contributed by atoms with Gasteiger partial charge in [0.2, 0.25) is 0 Å². The van der Waals surface area contributed by atoms with Crippen molar-refractivity contribution in [1.82, 2.24) is 0 Å². The normalized spacial score (nSPS) is 14.4. The molecular weight excluding hydrogens is 160 g/mol. The van der Waals surface area contributed by atoms with Crippen LogP contribution in [-0.4, -0.2) is 36.0 Å².